The molecule has 0 spiro atoms. The van der Waals surface area contributed by atoms with E-state index in [1.54, 1.807) is 0 Å². The lowest BCUT2D eigenvalue weighted by atomic mass is 9.71. The van der Waals surface area contributed by atoms with Crippen LogP contribution in [0.3, 0.4) is 0 Å². The fraction of sp³-hybridized carbons (Fsp3) is 0.189. The van der Waals surface area contributed by atoms with Gasteiger partial charge in [0, 0.05) is 28.8 Å². The molecule has 3 aromatic carbocycles. The Labute approximate surface area is 239 Å². The number of pyridine rings is 2. The minimum absolute atomic E-state index is 0.348. The number of rotatable bonds is 5. The van der Waals surface area contributed by atoms with Crippen LogP contribution in [0.15, 0.2) is 121 Å². The van der Waals surface area contributed by atoms with Crippen molar-refractivity contribution in [2.24, 2.45) is 0 Å². The van der Waals surface area contributed by atoms with E-state index in [-0.39, 0.29) is 0 Å². The summed E-state index contributed by atoms with van der Waals surface area (Å²) in [4.78, 5) is 0. The highest BCUT2D eigenvalue weighted by Crippen LogP contribution is 2.49. The van der Waals surface area contributed by atoms with Crippen molar-refractivity contribution < 1.29 is 9.13 Å². The molecule has 0 saturated heterocycles. The van der Waals surface area contributed by atoms with E-state index in [1.165, 1.54) is 61.1 Å². The number of hydrogen-bond donors (Lipinski definition) is 0. The number of fused-ring (bicyclic) bond motifs is 6. The van der Waals surface area contributed by atoms with Gasteiger partial charge in [-0.3, -0.25) is 0 Å². The van der Waals surface area contributed by atoms with Gasteiger partial charge in [0.05, 0.1) is 25.9 Å². The number of aromatic nitrogens is 2. The summed E-state index contributed by atoms with van der Waals surface area (Å²) in [5.74, 6) is 0.420. The summed E-state index contributed by atoms with van der Waals surface area (Å²) < 4.78 is 5.07. The van der Waals surface area contributed by atoms with Crippen LogP contribution < -0.4 is 14.3 Å². The zero-order valence-corrected chi connectivity index (χ0v) is 25.0. The predicted octanol–water partition coefficient (Wildman–Crippen LogP) is 6.85. The molecule has 2 aliphatic rings. The third-order valence-corrected chi connectivity index (χ3v) is 10.6. The van der Waals surface area contributed by atoms with Crippen molar-refractivity contribution in [1.29, 1.82) is 0 Å². The van der Waals surface area contributed by atoms with Gasteiger partial charge in [-0.15, -0.1) is 0 Å². The van der Waals surface area contributed by atoms with Crippen molar-refractivity contribution >= 4 is 14.0 Å². The van der Waals surface area contributed by atoms with Gasteiger partial charge < -0.3 is 0 Å². The Morgan fingerprint density at radius 2 is 1.43 bits per heavy atom. The molecule has 1 aliphatic heterocycles. The van der Waals surface area contributed by atoms with Crippen molar-refractivity contribution in [3.63, 3.8) is 0 Å². The van der Waals surface area contributed by atoms with E-state index in [2.05, 4.69) is 152 Å². The second kappa shape index (κ2) is 9.83. The van der Waals surface area contributed by atoms with Crippen molar-refractivity contribution in [2.75, 3.05) is 0 Å². The molecule has 0 amide bonds. The normalized spacial score (nSPS) is 17.0. The van der Waals surface area contributed by atoms with Crippen molar-refractivity contribution in [3.8, 4) is 33.6 Å². The largest absolute Gasteiger partial charge is 0.216 e. The van der Waals surface area contributed by atoms with E-state index >= 15 is 0 Å². The zero-order chi connectivity index (χ0) is 27.4. The Hall–Kier alpha value is -4.08. The van der Waals surface area contributed by atoms with Crippen LogP contribution >= 0.6 is 0 Å². The zero-order valence-electron chi connectivity index (χ0n) is 23.8. The van der Waals surface area contributed by atoms with Gasteiger partial charge in [0.15, 0.2) is 25.0 Å². The lowest BCUT2D eigenvalue weighted by Crippen LogP contribution is -2.54. The molecule has 5 aromatic rings. The van der Waals surface area contributed by atoms with Gasteiger partial charge >= 0.3 is 0 Å². The summed E-state index contributed by atoms with van der Waals surface area (Å²) in [5, 5.41) is 1.53. The quantitative estimate of drug-likeness (QED) is 0.132. The van der Waals surface area contributed by atoms with E-state index < -0.39 is 8.80 Å². The van der Waals surface area contributed by atoms with Gasteiger partial charge in [-0.1, -0.05) is 85.9 Å². The highest BCUT2D eigenvalue weighted by Gasteiger charge is 2.49. The Morgan fingerprint density at radius 1 is 0.725 bits per heavy atom. The summed E-state index contributed by atoms with van der Waals surface area (Å²) in [7, 11) is -1.10. The van der Waals surface area contributed by atoms with Gasteiger partial charge in [-0.2, -0.15) is 9.13 Å². The number of hydrogen-bond acceptors (Lipinski definition) is 0. The Morgan fingerprint density at radius 3 is 2.20 bits per heavy atom. The standard InChI is InChI=1S/C37H36N2Si/c1-25-13-8-9-17-29(25)34-22-35(40(3)4)33(27-15-6-5-7-16-27)24-38(34)23-28-21-32-30-18-10-11-19-31(30)36-26(2)14-12-20-39(36)37(28)32/h5-22,24,32,37,40H,23H2,1-4H3/q+2. The molecular formula is C37H36N2Si+2. The first-order chi connectivity index (χ1) is 19.5. The highest BCUT2D eigenvalue weighted by molar-refractivity contribution is 6.72. The molecule has 2 aromatic heterocycles. The SMILES string of the molecule is Cc1ccccc1-c1cc([SiH](C)C)c(-c2ccccc2)c[n+]1CC1=CC2c3ccccc3-c3c(C)ccc[n+]3C12. The van der Waals surface area contributed by atoms with Crippen LogP contribution in [0.5, 0.6) is 0 Å². The van der Waals surface area contributed by atoms with E-state index in [1.807, 2.05) is 0 Å². The molecule has 2 unspecified atom stereocenters. The molecule has 7 rings (SSSR count). The molecule has 0 saturated carbocycles. The van der Waals surface area contributed by atoms with E-state index in [0.717, 1.165) is 6.54 Å². The summed E-state index contributed by atoms with van der Waals surface area (Å²) >= 11 is 0. The van der Waals surface area contributed by atoms with Crippen molar-refractivity contribution in [2.45, 2.75) is 45.4 Å². The Balaban J connectivity index is 1.40. The first-order valence-electron chi connectivity index (χ1n) is 14.5. The summed E-state index contributed by atoms with van der Waals surface area (Å²) in [5.41, 5.74) is 13.7. The van der Waals surface area contributed by atoms with Gasteiger partial charge in [0.1, 0.15) is 0 Å². The maximum atomic E-state index is 2.54. The number of aryl methyl sites for hydroxylation is 2. The third-order valence-electron chi connectivity index (χ3n) is 8.89. The number of allylic oxidation sites excluding steroid dienone is 2. The molecule has 1 aliphatic carbocycles. The molecule has 3 heterocycles. The second-order valence-electron chi connectivity index (χ2n) is 11.7. The van der Waals surface area contributed by atoms with Gasteiger partial charge in [-0.25, -0.2) is 0 Å². The monoisotopic (exact) mass is 536 g/mol. The molecular weight excluding hydrogens is 501 g/mol. The molecule has 2 atom stereocenters. The topological polar surface area (TPSA) is 7.76 Å². The van der Waals surface area contributed by atoms with Gasteiger partial charge in [0.25, 0.3) is 0 Å². The van der Waals surface area contributed by atoms with Crippen LogP contribution in [0.4, 0.5) is 0 Å². The maximum absolute atomic E-state index is 2.54. The lowest BCUT2D eigenvalue weighted by Gasteiger charge is -2.36. The second-order valence-corrected chi connectivity index (χ2v) is 14.7. The summed E-state index contributed by atoms with van der Waals surface area (Å²) in [6.07, 6.45) is 7.27. The van der Waals surface area contributed by atoms with E-state index in [0.29, 0.717) is 12.0 Å². The molecule has 0 bridgehead atoms. The first kappa shape index (κ1) is 24.9. The van der Waals surface area contributed by atoms with Crippen LogP contribution in [0.1, 0.15) is 28.7 Å². The Bertz CT molecular complexity index is 1780. The van der Waals surface area contributed by atoms with E-state index in [4.69, 9.17) is 0 Å². The average molecular weight is 537 g/mol. The molecule has 0 N–H and O–H groups in total. The van der Waals surface area contributed by atoms with Gasteiger partial charge in [0.2, 0.25) is 11.4 Å². The van der Waals surface area contributed by atoms with Crippen LogP contribution in [-0.4, -0.2) is 8.80 Å². The minimum atomic E-state index is -1.10. The van der Waals surface area contributed by atoms with E-state index in [9.17, 15) is 0 Å². The third kappa shape index (κ3) is 3.99. The molecule has 0 fully saturated rings. The Kier molecular flexibility index (Phi) is 6.13. The predicted molar refractivity (Wildman–Crippen MR) is 167 cm³/mol. The smallest absolute Gasteiger partial charge is 0.193 e. The number of benzene rings is 3. The summed E-state index contributed by atoms with van der Waals surface area (Å²) in [6, 6.07) is 36.1. The highest BCUT2D eigenvalue weighted by atomic mass is 28.3. The van der Waals surface area contributed by atoms with Crippen LogP contribution in [-0.2, 0) is 6.54 Å². The molecule has 196 valence electrons. The van der Waals surface area contributed by atoms with Crippen LogP contribution in [0, 0.1) is 13.8 Å². The van der Waals surface area contributed by atoms with Crippen molar-refractivity contribution in [3.05, 3.63) is 138 Å². The van der Waals surface area contributed by atoms with Crippen LogP contribution in [0.2, 0.25) is 13.1 Å². The first-order valence-corrected chi connectivity index (χ1v) is 17.4. The maximum Gasteiger partial charge on any atom is 0.216 e. The average Bonchev–Trinajstić information content (AvgIpc) is 2.96. The molecule has 2 nitrogen and oxygen atoms in total. The van der Waals surface area contributed by atoms with Crippen LogP contribution in [0.25, 0.3) is 33.6 Å². The minimum Gasteiger partial charge on any atom is -0.193 e. The number of nitrogens with zero attached hydrogens (tertiary/aromatic N) is 2. The molecule has 3 heteroatoms. The molecule has 40 heavy (non-hydrogen) atoms. The molecule has 0 radical (unpaired) electrons. The fourth-order valence-electron chi connectivity index (χ4n) is 6.88. The summed E-state index contributed by atoms with van der Waals surface area (Å²) in [6.45, 7) is 10.3. The van der Waals surface area contributed by atoms with Crippen molar-refractivity contribution in [1.82, 2.24) is 0 Å². The lowest BCUT2D eigenvalue weighted by molar-refractivity contribution is -0.726. The van der Waals surface area contributed by atoms with Gasteiger partial charge in [-0.05, 0) is 53.9 Å². The fourth-order valence-corrected chi connectivity index (χ4v) is 8.23.